The number of nitrogens with one attached hydrogen (secondary N) is 2. The van der Waals surface area contributed by atoms with Crippen LogP contribution in [0.1, 0.15) is 39.5 Å². The van der Waals surface area contributed by atoms with E-state index in [4.69, 9.17) is 0 Å². The van der Waals surface area contributed by atoms with Gasteiger partial charge in [0.15, 0.2) is 0 Å². The molecule has 4 heteroatoms. The molecule has 1 amide bonds. The summed E-state index contributed by atoms with van der Waals surface area (Å²) in [6.07, 6.45) is 4.79. The van der Waals surface area contributed by atoms with Crippen LogP contribution >= 0.6 is 0 Å². The second-order valence-corrected chi connectivity index (χ2v) is 6.01. The predicted octanol–water partition coefficient (Wildman–Crippen LogP) is 1.22. The molecule has 1 aliphatic carbocycles. The van der Waals surface area contributed by atoms with E-state index in [-0.39, 0.29) is 5.41 Å². The van der Waals surface area contributed by atoms with Gasteiger partial charge in [-0.25, -0.2) is 0 Å². The number of hydrogen-bond donors (Lipinski definition) is 2. The largest absolute Gasteiger partial charge is 0.354 e. The van der Waals surface area contributed by atoms with Gasteiger partial charge in [-0.15, -0.1) is 0 Å². The minimum absolute atomic E-state index is 0.0957. The molecule has 2 N–H and O–H groups in total. The van der Waals surface area contributed by atoms with E-state index in [0.717, 1.165) is 45.7 Å². The molecule has 110 valence electrons. The Balaban J connectivity index is 1.84. The molecule has 4 nitrogen and oxygen atoms in total. The molecule has 1 aliphatic heterocycles. The third-order valence-corrected chi connectivity index (χ3v) is 5.10. The van der Waals surface area contributed by atoms with Gasteiger partial charge in [-0.05, 0) is 38.4 Å². The van der Waals surface area contributed by atoms with Gasteiger partial charge in [-0.2, -0.15) is 0 Å². The van der Waals surface area contributed by atoms with Crippen molar-refractivity contribution in [1.29, 1.82) is 0 Å². The van der Waals surface area contributed by atoms with Crippen LogP contribution in [-0.4, -0.2) is 50.1 Å². The summed E-state index contributed by atoms with van der Waals surface area (Å²) in [7, 11) is 0. The van der Waals surface area contributed by atoms with Crippen LogP contribution in [0.4, 0.5) is 0 Å². The number of carbonyl (C=O) groups excluding carboxylic acids is 1. The highest BCUT2D eigenvalue weighted by Gasteiger charge is 2.49. The molecule has 0 aromatic heterocycles. The molecule has 1 saturated heterocycles. The molecule has 0 aromatic carbocycles. The van der Waals surface area contributed by atoms with Gasteiger partial charge in [0, 0.05) is 19.6 Å². The highest BCUT2D eigenvalue weighted by atomic mass is 16.2. The topological polar surface area (TPSA) is 44.4 Å². The maximum Gasteiger partial charge on any atom is 0.227 e. The molecule has 0 bridgehead atoms. The van der Waals surface area contributed by atoms with Crippen LogP contribution in [0.15, 0.2) is 0 Å². The Morgan fingerprint density at radius 1 is 1.37 bits per heavy atom. The summed E-state index contributed by atoms with van der Waals surface area (Å²) in [6.45, 7) is 10.1. The van der Waals surface area contributed by atoms with Gasteiger partial charge in [0.05, 0.1) is 5.41 Å². The lowest BCUT2D eigenvalue weighted by atomic mass is 9.67. The molecule has 2 rings (SSSR count). The third kappa shape index (κ3) is 3.11. The molecule has 1 heterocycles. The van der Waals surface area contributed by atoms with E-state index in [1.54, 1.807) is 0 Å². The van der Waals surface area contributed by atoms with Gasteiger partial charge in [-0.1, -0.05) is 26.7 Å². The SMILES string of the molecule is CCN(CC)CCNC(=O)[C@@]12CCCC[C@H]1CNC2. The molecule has 0 spiro atoms. The molecule has 19 heavy (non-hydrogen) atoms. The Kier molecular flexibility index (Phi) is 5.22. The number of likely N-dealkylation sites (N-methyl/N-ethyl adjacent to an activating group) is 1. The van der Waals surface area contributed by atoms with E-state index in [1.165, 1.54) is 19.3 Å². The molecular weight excluding hydrogens is 238 g/mol. The average Bonchev–Trinajstić information content (AvgIpc) is 2.88. The first-order valence-corrected chi connectivity index (χ1v) is 7.94. The molecule has 0 unspecified atom stereocenters. The number of rotatable bonds is 6. The van der Waals surface area contributed by atoms with Crippen molar-refractivity contribution in [2.45, 2.75) is 39.5 Å². The minimum Gasteiger partial charge on any atom is -0.354 e. The van der Waals surface area contributed by atoms with Gasteiger partial charge < -0.3 is 15.5 Å². The maximum atomic E-state index is 12.6. The molecule has 2 fully saturated rings. The fraction of sp³-hybridized carbons (Fsp3) is 0.933. The summed E-state index contributed by atoms with van der Waals surface area (Å²) >= 11 is 0. The summed E-state index contributed by atoms with van der Waals surface area (Å²) in [5, 5.41) is 6.63. The highest BCUT2D eigenvalue weighted by molar-refractivity contribution is 5.83. The first kappa shape index (κ1) is 14.8. The van der Waals surface area contributed by atoms with Crippen LogP contribution in [0.5, 0.6) is 0 Å². The summed E-state index contributed by atoms with van der Waals surface area (Å²) in [5.74, 6) is 0.865. The molecule has 2 atom stereocenters. The van der Waals surface area contributed by atoms with Crippen molar-refractivity contribution in [2.75, 3.05) is 39.3 Å². The number of carbonyl (C=O) groups is 1. The molecular formula is C15H29N3O. The molecule has 0 aromatic rings. The van der Waals surface area contributed by atoms with Gasteiger partial charge in [0.2, 0.25) is 5.91 Å². The second-order valence-electron chi connectivity index (χ2n) is 6.01. The zero-order valence-electron chi connectivity index (χ0n) is 12.5. The zero-order chi connectivity index (χ0) is 13.7. The first-order valence-electron chi connectivity index (χ1n) is 7.94. The fourth-order valence-electron chi connectivity index (χ4n) is 3.73. The number of hydrogen-bond acceptors (Lipinski definition) is 3. The quantitative estimate of drug-likeness (QED) is 0.761. The van der Waals surface area contributed by atoms with E-state index >= 15 is 0 Å². The van der Waals surface area contributed by atoms with Crippen molar-refractivity contribution >= 4 is 5.91 Å². The molecule has 0 radical (unpaired) electrons. The van der Waals surface area contributed by atoms with Gasteiger partial charge >= 0.3 is 0 Å². The van der Waals surface area contributed by atoms with Crippen LogP contribution in [0, 0.1) is 11.3 Å². The van der Waals surface area contributed by atoms with Gasteiger partial charge in [-0.3, -0.25) is 4.79 Å². The Labute approximate surface area is 117 Å². The van der Waals surface area contributed by atoms with E-state index in [1.807, 2.05) is 0 Å². The third-order valence-electron chi connectivity index (χ3n) is 5.10. The van der Waals surface area contributed by atoms with E-state index in [9.17, 15) is 4.79 Å². The van der Waals surface area contributed by atoms with Crippen molar-refractivity contribution in [3.05, 3.63) is 0 Å². The number of nitrogens with zero attached hydrogens (tertiary/aromatic N) is 1. The second kappa shape index (κ2) is 6.71. The monoisotopic (exact) mass is 267 g/mol. The summed E-state index contributed by atoms with van der Waals surface area (Å²) in [4.78, 5) is 14.9. The van der Waals surface area contributed by atoms with E-state index < -0.39 is 0 Å². The Morgan fingerprint density at radius 3 is 2.89 bits per heavy atom. The Hall–Kier alpha value is -0.610. The van der Waals surface area contributed by atoms with Crippen molar-refractivity contribution in [3.63, 3.8) is 0 Å². The zero-order valence-corrected chi connectivity index (χ0v) is 12.5. The smallest absolute Gasteiger partial charge is 0.227 e. The lowest BCUT2D eigenvalue weighted by Gasteiger charge is -2.37. The predicted molar refractivity (Wildman–Crippen MR) is 78.1 cm³/mol. The average molecular weight is 267 g/mol. The van der Waals surface area contributed by atoms with Crippen molar-refractivity contribution in [3.8, 4) is 0 Å². The standard InChI is InChI=1S/C15H29N3O/c1-3-18(4-2)10-9-17-14(19)15-8-6-5-7-13(15)11-16-12-15/h13,16H,3-12H2,1-2H3,(H,17,19)/t13-,15+/m0/s1. The van der Waals surface area contributed by atoms with Crippen LogP contribution in [-0.2, 0) is 4.79 Å². The van der Waals surface area contributed by atoms with Crippen LogP contribution in [0.3, 0.4) is 0 Å². The van der Waals surface area contributed by atoms with Crippen LogP contribution < -0.4 is 10.6 Å². The Morgan fingerprint density at radius 2 is 2.16 bits per heavy atom. The highest BCUT2D eigenvalue weighted by Crippen LogP contribution is 2.43. The van der Waals surface area contributed by atoms with Gasteiger partial charge in [0.25, 0.3) is 0 Å². The van der Waals surface area contributed by atoms with Crippen molar-refractivity contribution < 1.29 is 4.79 Å². The Bertz CT molecular complexity index is 304. The lowest BCUT2D eigenvalue weighted by molar-refractivity contribution is -0.134. The number of fused-ring (bicyclic) bond motifs is 1. The normalized spacial score (nSPS) is 30.4. The van der Waals surface area contributed by atoms with Crippen molar-refractivity contribution in [2.24, 2.45) is 11.3 Å². The van der Waals surface area contributed by atoms with E-state index in [0.29, 0.717) is 11.8 Å². The number of amides is 1. The van der Waals surface area contributed by atoms with Crippen molar-refractivity contribution in [1.82, 2.24) is 15.5 Å². The fourth-order valence-corrected chi connectivity index (χ4v) is 3.73. The summed E-state index contributed by atoms with van der Waals surface area (Å²) in [6, 6.07) is 0. The van der Waals surface area contributed by atoms with E-state index in [2.05, 4.69) is 29.4 Å². The van der Waals surface area contributed by atoms with Crippen LogP contribution in [0.2, 0.25) is 0 Å². The summed E-state index contributed by atoms with van der Waals surface area (Å²) < 4.78 is 0. The maximum absolute atomic E-state index is 12.6. The summed E-state index contributed by atoms with van der Waals surface area (Å²) in [5.41, 5.74) is -0.0957. The van der Waals surface area contributed by atoms with Gasteiger partial charge in [0.1, 0.15) is 0 Å². The molecule has 2 aliphatic rings. The first-order chi connectivity index (χ1) is 9.23. The lowest BCUT2D eigenvalue weighted by Crippen LogP contribution is -2.49. The van der Waals surface area contributed by atoms with Crippen LogP contribution in [0.25, 0.3) is 0 Å². The molecule has 1 saturated carbocycles. The minimum atomic E-state index is -0.0957.